The van der Waals surface area contributed by atoms with Crippen molar-refractivity contribution in [2.45, 2.75) is 64.1 Å². The van der Waals surface area contributed by atoms with E-state index in [4.69, 9.17) is 18.8 Å². The predicted molar refractivity (Wildman–Crippen MR) is 122 cm³/mol. The number of ether oxygens (including phenoxy) is 2. The van der Waals surface area contributed by atoms with Crippen molar-refractivity contribution in [2.24, 2.45) is 0 Å². The van der Waals surface area contributed by atoms with Crippen molar-refractivity contribution in [3.05, 3.63) is 48.0 Å². The summed E-state index contributed by atoms with van der Waals surface area (Å²) in [7, 11) is 1.23. The Hall–Kier alpha value is -2.31. The summed E-state index contributed by atoms with van der Waals surface area (Å²) in [6.07, 6.45) is 1.69. The number of hydrogen-bond acceptors (Lipinski definition) is 5. The molecule has 1 heterocycles. The van der Waals surface area contributed by atoms with Crippen LogP contribution < -0.4 is 10.2 Å². The molecule has 2 aromatic carbocycles. The molecule has 5 nitrogen and oxygen atoms in total. The highest BCUT2D eigenvalue weighted by atomic mass is 16.7. The van der Waals surface area contributed by atoms with Crippen molar-refractivity contribution < 1.29 is 23.6 Å². The predicted octanol–water partition coefficient (Wildman–Crippen LogP) is 4.26. The molecule has 1 aliphatic carbocycles. The maximum atomic E-state index is 12.4. The summed E-state index contributed by atoms with van der Waals surface area (Å²) < 4.78 is 23.3. The van der Waals surface area contributed by atoms with E-state index in [1.54, 1.807) is 7.11 Å². The van der Waals surface area contributed by atoms with Gasteiger partial charge in [0.15, 0.2) is 0 Å². The Morgan fingerprint density at radius 2 is 1.61 bits per heavy atom. The van der Waals surface area contributed by atoms with Crippen molar-refractivity contribution in [1.29, 1.82) is 0 Å². The van der Waals surface area contributed by atoms with Crippen molar-refractivity contribution >= 4 is 18.6 Å². The lowest BCUT2D eigenvalue weighted by Gasteiger charge is -2.32. The van der Waals surface area contributed by atoms with E-state index in [1.807, 2.05) is 77.1 Å². The minimum Gasteiger partial charge on any atom is -0.496 e. The van der Waals surface area contributed by atoms with Crippen LogP contribution in [0.25, 0.3) is 11.1 Å². The molecule has 6 heteroatoms. The molecule has 0 aromatic heterocycles. The molecule has 1 saturated heterocycles. The molecule has 4 rings (SSSR count). The monoisotopic (exact) mass is 422 g/mol. The van der Waals surface area contributed by atoms with Gasteiger partial charge < -0.3 is 18.8 Å². The summed E-state index contributed by atoms with van der Waals surface area (Å²) in [5.41, 5.74) is 2.71. The number of methoxy groups -OCH3 is 1. The summed E-state index contributed by atoms with van der Waals surface area (Å²) in [5, 5.41) is 0. The van der Waals surface area contributed by atoms with Crippen molar-refractivity contribution in [3.63, 3.8) is 0 Å². The van der Waals surface area contributed by atoms with Gasteiger partial charge in [0, 0.05) is 5.56 Å². The van der Waals surface area contributed by atoms with Crippen molar-refractivity contribution in [1.82, 2.24) is 0 Å². The molecule has 1 aliphatic heterocycles. The topological polar surface area (TPSA) is 54.0 Å². The zero-order valence-electron chi connectivity index (χ0n) is 19.3. The molecule has 0 bridgehead atoms. The van der Waals surface area contributed by atoms with E-state index >= 15 is 0 Å². The van der Waals surface area contributed by atoms with Crippen LogP contribution in [-0.4, -0.2) is 38.0 Å². The largest absolute Gasteiger partial charge is 0.496 e. The first kappa shape index (κ1) is 21.9. The Morgan fingerprint density at radius 1 is 1.00 bits per heavy atom. The quantitative estimate of drug-likeness (QED) is 0.515. The van der Waals surface area contributed by atoms with Crippen LogP contribution in [0, 0.1) is 0 Å². The molecule has 1 saturated carbocycles. The van der Waals surface area contributed by atoms with Gasteiger partial charge in [-0.25, -0.2) is 0 Å². The number of benzene rings is 2. The van der Waals surface area contributed by atoms with Crippen LogP contribution in [0.4, 0.5) is 0 Å². The molecule has 0 unspecified atom stereocenters. The lowest BCUT2D eigenvalue weighted by atomic mass is 9.78. The molecule has 0 N–H and O–H groups in total. The standard InChI is InChI=1S/C25H31BO5/c1-7-29-22(27)25(14-15-25)18-10-8-17(9-11-18)20-13-12-19(16-21(20)28-6)26-30-23(2,3)24(4,5)31-26/h8-13,16H,7,14-15H2,1-6H3. The normalized spacial score (nSPS) is 20.4. The highest BCUT2D eigenvalue weighted by Gasteiger charge is 2.53. The van der Waals surface area contributed by atoms with Crippen LogP contribution in [0.1, 0.15) is 53.0 Å². The van der Waals surface area contributed by atoms with Crippen LogP contribution in [0.15, 0.2) is 42.5 Å². The number of carbonyl (C=O) groups excluding carboxylic acids is 1. The van der Waals surface area contributed by atoms with Crippen molar-refractivity contribution in [2.75, 3.05) is 13.7 Å². The van der Waals surface area contributed by atoms with Gasteiger partial charge in [-0.2, -0.15) is 0 Å². The van der Waals surface area contributed by atoms with Gasteiger partial charge >= 0.3 is 13.1 Å². The summed E-state index contributed by atoms with van der Waals surface area (Å²) >= 11 is 0. The van der Waals surface area contributed by atoms with Gasteiger partial charge in [0.05, 0.1) is 30.3 Å². The maximum absolute atomic E-state index is 12.4. The van der Waals surface area contributed by atoms with Gasteiger partial charge in [-0.05, 0) is 70.1 Å². The van der Waals surface area contributed by atoms with Crippen LogP contribution >= 0.6 is 0 Å². The SMILES string of the molecule is CCOC(=O)C1(c2ccc(-c3ccc(B4OC(C)(C)C(C)(C)O4)cc3OC)cc2)CC1. The Kier molecular flexibility index (Phi) is 5.43. The minimum atomic E-state index is -0.459. The minimum absolute atomic E-state index is 0.118. The van der Waals surface area contributed by atoms with Crippen molar-refractivity contribution in [3.8, 4) is 16.9 Å². The Bertz CT molecular complexity index is 960. The fourth-order valence-electron chi connectivity index (χ4n) is 4.05. The fraction of sp³-hybridized carbons (Fsp3) is 0.480. The molecular formula is C25H31BO5. The van der Waals surface area contributed by atoms with Gasteiger partial charge in [-0.3, -0.25) is 4.79 Å². The summed E-state index contributed by atoms with van der Waals surface area (Å²) in [5.74, 6) is 0.638. The molecule has 0 amide bonds. The van der Waals surface area contributed by atoms with Gasteiger partial charge in [-0.1, -0.05) is 36.4 Å². The van der Waals surface area contributed by atoms with E-state index in [9.17, 15) is 4.79 Å². The first-order valence-corrected chi connectivity index (χ1v) is 11.0. The van der Waals surface area contributed by atoms with Gasteiger partial charge in [-0.15, -0.1) is 0 Å². The average Bonchev–Trinajstić information content (AvgIpc) is 3.51. The van der Waals surface area contributed by atoms with E-state index in [1.165, 1.54) is 0 Å². The second-order valence-corrected chi connectivity index (χ2v) is 9.43. The maximum Gasteiger partial charge on any atom is 0.494 e. The summed E-state index contributed by atoms with van der Waals surface area (Å²) in [6, 6.07) is 14.2. The van der Waals surface area contributed by atoms with E-state index in [0.29, 0.717) is 6.61 Å². The highest BCUT2D eigenvalue weighted by molar-refractivity contribution is 6.62. The third-order valence-electron chi connectivity index (χ3n) is 6.92. The Labute approximate surface area is 185 Å². The van der Waals surface area contributed by atoms with Gasteiger partial charge in [0.25, 0.3) is 0 Å². The zero-order valence-corrected chi connectivity index (χ0v) is 19.3. The molecule has 0 radical (unpaired) electrons. The first-order chi connectivity index (χ1) is 14.6. The molecule has 2 aliphatic rings. The molecule has 164 valence electrons. The van der Waals surface area contributed by atoms with E-state index < -0.39 is 23.7 Å². The van der Waals surface area contributed by atoms with E-state index in [0.717, 1.165) is 40.7 Å². The smallest absolute Gasteiger partial charge is 0.494 e. The Balaban J connectivity index is 1.59. The Morgan fingerprint density at radius 3 is 2.13 bits per heavy atom. The second-order valence-electron chi connectivity index (χ2n) is 9.43. The number of esters is 1. The number of hydrogen-bond donors (Lipinski definition) is 0. The van der Waals surface area contributed by atoms with Crippen LogP contribution in [0.2, 0.25) is 0 Å². The fourth-order valence-corrected chi connectivity index (χ4v) is 4.05. The molecule has 0 spiro atoms. The van der Waals surface area contributed by atoms with Gasteiger partial charge in [0.2, 0.25) is 0 Å². The number of rotatable bonds is 6. The second kappa shape index (κ2) is 7.68. The molecule has 2 aromatic rings. The molecular weight excluding hydrogens is 391 g/mol. The first-order valence-electron chi connectivity index (χ1n) is 11.0. The number of carbonyl (C=O) groups is 1. The highest BCUT2D eigenvalue weighted by Crippen LogP contribution is 2.49. The van der Waals surface area contributed by atoms with E-state index in [2.05, 4.69) is 0 Å². The van der Waals surface area contributed by atoms with Crippen LogP contribution in [0.5, 0.6) is 5.75 Å². The van der Waals surface area contributed by atoms with Crippen LogP contribution in [-0.2, 0) is 24.3 Å². The summed E-state index contributed by atoms with van der Waals surface area (Å²) in [4.78, 5) is 12.4. The third-order valence-corrected chi connectivity index (χ3v) is 6.92. The molecule has 2 fully saturated rings. The van der Waals surface area contributed by atoms with E-state index in [-0.39, 0.29) is 5.97 Å². The lowest BCUT2D eigenvalue weighted by Crippen LogP contribution is -2.41. The average molecular weight is 422 g/mol. The van der Waals surface area contributed by atoms with Crippen LogP contribution in [0.3, 0.4) is 0 Å². The molecule has 0 atom stereocenters. The lowest BCUT2D eigenvalue weighted by molar-refractivity contribution is -0.146. The zero-order chi connectivity index (χ0) is 22.4. The molecule has 31 heavy (non-hydrogen) atoms. The summed E-state index contributed by atoms with van der Waals surface area (Å²) in [6.45, 7) is 10.4. The van der Waals surface area contributed by atoms with Gasteiger partial charge in [0.1, 0.15) is 5.75 Å². The third kappa shape index (κ3) is 3.76.